The molecule has 0 aromatic carbocycles. The largest absolute Gasteiger partial charge is 0.465 e. The Morgan fingerprint density at radius 1 is 1.27 bits per heavy atom. The highest BCUT2D eigenvalue weighted by Crippen LogP contribution is 2.33. The van der Waals surface area contributed by atoms with E-state index in [1.807, 2.05) is 17.5 Å². The molecule has 2 aromatic rings. The van der Waals surface area contributed by atoms with Gasteiger partial charge in [-0.25, -0.2) is 0 Å². The Morgan fingerprint density at radius 2 is 2.05 bits per heavy atom. The molecule has 3 heterocycles. The molecule has 3 rings (SSSR count). The predicted molar refractivity (Wildman–Crippen MR) is 90.0 cm³/mol. The molecule has 0 bridgehead atoms. The van der Waals surface area contributed by atoms with Crippen LogP contribution < -0.4 is 0 Å². The molecule has 120 valence electrons. The van der Waals surface area contributed by atoms with Crippen LogP contribution in [-0.2, 0) is 13.0 Å². The molecule has 0 amide bonds. The molecule has 0 radical (unpaired) electrons. The van der Waals surface area contributed by atoms with Crippen molar-refractivity contribution in [3.05, 3.63) is 46.0 Å². The van der Waals surface area contributed by atoms with Crippen LogP contribution in [0.5, 0.6) is 0 Å². The second-order valence-corrected chi connectivity index (χ2v) is 7.17. The highest BCUT2D eigenvalue weighted by atomic mass is 32.1. The normalized spacial score (nSPS) is 18.6. The molecule has 1 N–H and O–H groups in total. The van der Waals surface area contributed by atoms with Crippen molar-refractivity contribution in [1.29, 1.82) is 0 Å². The van der Waals surface area contributed by atoms with E-state index in [2.05, 4.69) is 24.0 Å². The van der Waals surface area contributed by atoms with Gasteiger partial charge in [-0.1, -0.05) is 13.0 Å². The van der Waals surface area contributed by atoms with Crippen molar-refractivity contribution in [2.75, 3.05) is 13.1 Å². The highest BCUT2D eigenvalue weighted by molar-refractivity contribution is 7.10. The molecule has 1 unspecified atom stereocenters. The summed E-state index contributed by atoms with van der Waals surface area (Å²) >= 11 is 1.66. The summed E-state index contributed by atoms with van der Waals surface area (Å²) in [6, 6.07) is 8.27. The van der Waals surface area contributed by atoms with Gasteiger partial charge in [-0.05, 0) is 61.8 Å². The lowest BCUT2D eigenvalue weighted by Gasteiger charge is -2.33. The summed E-state index contributed by atoms with van der Waals surface area (Å²) in [6.45, 7) is 5.14. The third-order valence-electron chi connectivity index (χ3n) is 4.51. The van der Waals surface area contributed by atoms with Gasteiger partial charge in [-0.2, -0.15) is 0 Å². The molecule has 1 atom stereocenters. The Balaban J connectivity index is 1.49. The number of aliphatic hydroxyl groups excluding tert-OH is 1. The maximum atomic E-state index is 10.4. The van der Waals surface area contributed by atoms with Crippen LogP contribution in [0, 0.1) is 5.92 Å². The van der Waals surface area contributed by atoms with E-state index in [1.165, 1.54) is 0 Å². The van der Waals surface area contributed by atoms with Gasteiger partial charge in [0.2, 0.25) is 0 Å². The number of nitrogens with zero attached hydrogens (tertiary/aromatic N) is 1. The molecule has 4 heteroatoms. The summed E-state index contributed by atoms with van der Waals surface area (Å²) in [7, 11) is 0. The number of hydrogen-bond donors (Lipinski definition) is 1. The number of likely N-dealkylation sites (tertiary alicyclic amines) is 1. The van der Waals surface area contributed by atoms with Crippen LogP contribution in [0.1, 0.15) is 48.7 Å². The third kappa shape index (κ3) is 3.80. The minimum Gasteiger partial charge on any atom is -0.465 e. The summed E-state index contributed by atoms with van der Waals surface area (Å²) in [5.41, 5.74) is 0. The molecule has 1 aliphatic rings. The average molecular weight is 319 g/mol. The second kappa shape index (κ2) is 7.44. The SMILES string of the molecule is CCCc1ccc(CN2CCC(C(O)c3cccs3)CC2)o1. The number of hydrogen-bond acceptors (Lipinski definition) is 4. The molecule has 0 spiro atoms. The minimum absolute atomic E-state index is 0.290. The molecular weight excluding hydrogens is 294 g/mol. The summed E-state index contributed by atoms with van der Waals surface area (Å²) in [6.07, 6.45) is 3.97. The van der Waals surface area contributed by atoms with Crippen LogP contribution >= 0.6 is 11.3 Å². The van der Waals surface area contributed by atoms with Crippen molar-refractivity contribution in [2.45, 2.75) is 45.3 Å². The van der Waals surface area contributed by atoms with Gasteiger partial charge >= 0.3 is 0 Å². The smallest absolute Gasteiger partial charge is 0.118 e. The molecule has 0 aliphatic carbocycles. The number of rotatable bonds is 6. The van der Waals surface area contributed by atoms with Gasteiger partial charge in [-0.15, -0.1) is 11.3 Å². The highest BCUT2D eigenvalue weighted by Gasteiger charge is 2.27. The monoisotopic (exact) mass is 319 g/mol. The fourth-order valence-corrected chi connectivity index (χ4v) is 4.03. The summed E-state index contributed by atoms with van der Waals surface area (Å²) in [4.78, 5) is 3.54. The molecule has 3 nitrogen and oxygen atoms in total. The summed E-state index contributed by atoms with van der Waals surface area (Å²) in [5, 5.41) is 12.5. The van der Waals surface area contributed by atoms with Gasteiger partial charge < -0.3 is 9.52 Å². The van der Waals surface area contributed by atoms with E-state index in [-0.39, 0.29) is 6.10 Å². The lowest BCUT2D eigenvalue weighted by Crippen LogP contribution is -2.35. The first-order valence-electron chi connectivity index (χ1n) is 8.27. The number of aryl methyl sites for hydroxylation is 1. The lowest BCUT2D eigenvalue weighted by molar-refractivity contribution is 0.0570. The first kappa shape index (κ1) is 15.8. The van der Waals surface area contributed by atoms with E-state index >= 15 is 0 Å². The van der Waals surface area contributed by atoms with Crippen LogP contribution in [0.25, 0.3) is 0 Å². The first-order valence-corrected chi connectivity index (χ1v) is 9.15. The van der Waals surface area contributed by atoms with Gasteiger partial charge in [0.1, 0.15) is 11.5 Å². The minimum atomic E-state index is -0.290. The van der Waals surface area contributed by atoms with Crippen molar-refractivity contribution in [2.24, 2.45) is 5.92 Å². The maximum absolute atomic E-state index is 10.4. The first-order chi connectivity index (χ1) is 10.8. The number of thiophene rings is 1. The van der Waals surface area contributed by atoms with E-state index in [4.69, 9.17) is 4.42 Å². The van der Waals surface area contributed by atoms with Gasteiger partial charge in [0, 0.05) is 11.3 Å². The number of piperidine rings is 1. The standard InChI is InChI=1S/C18H25NO2S/c1-2-4-15-6-7-16(21-15)13-19-10-8-14(9-11-19)18(20)17-5-3-12-22-17/h3,5-7,12,14,18,20H,2,4,8-11,13H2,1H3. The molecule has 1 saturated heterocycles. The van der Waals surface area contributed by atoms with E-state index in [1.54, 1.807) is 11.3 Å². The van der Waals surface area contributed by atoms with Crippen LogP contribution in [-0.4, -0.2) is 23.1 Å². The van der Waals surface area contributed by atoms with Crippen molar-refractivity contribution in [1.82, 2.24) is 4.90 Å². The molecule has 1 fully saturated rings. The Morgan fingerprint density at radius 3 is 2.73 bits per heavy atom. The van der Waals surface area contributed by atoms with Crippen molar-refractivity contribution in [3.63, 3.8) is 0 Å². The molecule has 2 aromatic heterocycles. The zero-order valence-corrected chi connectivity index (χ0v) is 14.0. The summed E-state index contributed by atoms with van der Waals surface area (Å²) in [5.74, 6) is 2.56. The number of aliphatic hydroxyl groups is 1. The Bertz CT molecular complexity index is 555. The second-order valence-electron chi connectivity index (χ2n) is 6.19. The average Bonchev–Trinajstić information content (AvgIpc) is 3.20. The maximum Gasteiger partial charge on any atom is 0.118 e. The van der Waals surface area contributed by atoms with E-state index in [0.29, 0.717) is 5.92 Å². The van der Waals surface area contributed by atoms with E-state index < -0.39 is 0 Å². The van der Waals surface area contributed by atoms with Crippen molar-refractivity contribution >= 4 is 11.3 Å². The molecule has 22 heavy (non-hydrogen) atoms. The van der Waals surface area contributed by atoms with Crippen molar-refractivity contribution < 1.29 is 9.52 Å². The quantitative estimate of drug-likeness (QED) is 0.865. The number of furan rings is 1. The van der Waals surface area contributed by atoms with Gasteiger partial charge in [0.05, 0.1) is 12.6 Å². The Hall–Kier alpha value is -1.10. The van der Waals surface area contributed by atoms with E-state index in [9.17, 15) is 5.11 Å². The fraction of sp³-hybridized carbons (Fsp3) is 0.556. The van der Waals surface area contributed by atoms with Gasteiger partial charge in [0.25, 0.3) is 0 Å². The molecule has 1 aliphatic heterocycles. The van der Waals surface area contributed by atoms with Crippen LogP contribution in [0.15, 0.2) is 34.1 Å². The predicted octanol–water partition coefficient (Wildman–Crippen LogP) is 4.24. The summed E-state index contributed by atoms with van der Waals surface area (Å²) < 4.78 is 5.87. The lowest BCUT2D eigenvalue weighted by atomic mass is 9.90. The zero-order valence-electron chi connectivity index (χ0n) is 13.2. The molecular formula is C18H25NO2S. The molecule has 0 saturated carbocycles. The Kier molecular flexibility index (Phi) is 5.34. The van der Waals surface area contributed by atoms with Gasteiger partial charge in [-0.3, -0.25) is 4.90 Å². The van der Waals surface area contributed by atoms with Crippen LogP contribution in [0.3, 0.4) is 0 Å². The third-order valence-corrected chi connectivity index (χ3v) is 5.45. The zero-order chi connectivity index (χ0) is 15.4. The Labute approximate surface area is 136 Å². The van der Waals surface area contributed by atoms with Crippen LogP contribution in [0.4, 0.5) is 0 Å². The fourth-order valence-electron chi connectivity index (χ4n) is 3.23. The van der Waals surface area contributed by atoms with Crippen LogP contribution in [0.2, 0.25) is 0 Å². The topological polar surface area (TPSA) is 36.6 Å². The van der Waals surface area contributed by atoms with Gasteiger partial charge in [0.15, 0.2) is 0 Å². The van der Waals surface area contributed by atoms with Crippen molar-refractivity contribution in [3.8, 4) is 0 Å². The van der Waals surface area contributed by atoms with E-state index in [0.717, 1.165) is 61.7 Å².